The van der Waals surface area contributed by atoms with Crippen molar-refractivity contribution in [2.75, 3.05) is 27.9 Å². The van der Waals surface area contributed by atoms with E-state index in [9.17, 15) is 49.5 Å². The lowest BCUT2D eigenvalue weighted by Crippen LogP contribution is -2.73. The topological polar surface area (TPSA) is 245 Å². The zero-order chi connectivity index (χ0) is 39.1. The predicted molar refractivity (Wildman–Crippen MR) is 180 cm³/mol. The van der Waals surface area contributed by atoms with Gasteiger partial charge in [-0.15, -0.1) is 0 Å². The molecule has 0 bridgehead atoms. The Balaban J connectivity index is 1.50. The van der Waals surface area contributed by atoms with Crippen LogP contribution in [0.4, 0.5) is 0 Å². The Kier molecular flexibility index (Phi) is 9.64. The largest absolute Gasteiger partial charge is 0.507 e. The summed E-state index contributed by atoms with van der Waals surface area (Å²) in [4.78, 5) is 70.0. The van der Waals surface area contributed by atoms with Crippen molar-refractivity contribution in [3.8, 4) is 11.5 Å². The van der Waals surface area contributed by atoms with Gasteiger partial charge in [-0.3, -0.25) is 19.2 Å². The number of carbonyl (C=O) groups is 5. The number of aromatic hydroxyl groups is 2. The number of nitrogens with one attached hydrogen (secondary N) is 1. The van der Waals surface area contributed by atoms with Crippen LogP contribution in [0.25, 0.3) is 0 Å². The number of allylic oxidation sites excluding steroid dienone is 2. The molecule has 284 valence electrons. The minimum atomic E-state index is -3.24. The quantitative estimate of drug-likeness (QED) is 0.205. The number of phenolic OH excluding ortho intramolecular Hbond substituents is 2. The number of aliphatic hydroxyl groups excluding tert-OH is 2. The van der Waals surface area contributed by atoms with E-state index in [-0.39, 0.29) is 29.3 Å². The Labute approximate surface area is 303 Å². The van der Waals surface area contributed by atoms with E-state index in [1.165, 1.54) is 27.2 Å². The lowest BCUT2D eigenvalue weighted by Gasteiger charge is -2.52. The minimum absolute atomic E-state index is 0.00264. The van der Waals surface area contributed by atoms with E-state index in [0.717, 1.165) is 19.3 Å². The Morgan fingerprint density at radius 1 is 0.981 bits per heavy atom. The van der Waals surface area contributed by atoms with Crippen LogP contribution < -0.4 is 5.32 Å². The summed E-state index contributed by atoms with van der Waals surface area (Å²) < 4.78 is 27.4. The van der Waals surface area contributed by atoms with Crippen LogP contribution in [0, 0.1) is 12.8 Å². The number of fused-ring (bicyclic) bond motifs is 5. The Morgan fingerprint density at radius 3 is 2.25 bits per heavy atom. The van der Waals surface area contributed by atoms with Crippen molar-refractivity contribution >= 4 is 29.1 Å². The van der Waals surface area contributed by atoms with Gasteiger partial charge < -0.3 is 54.5 Å². The summed E-state index contributed by atoms with van der Waals surface area (Å²) >= 11 is 0. The van der Waals surface area contributed by atoms with Gasteiger partial charge in [-0.05, 0) is 37.0 Å². The zero-order valence-corrected chi connectivity index (χ0v) is 30.0. The smallest absolute Gasteiger partial charge is 0.342 e. The van der Waals surface area contributed by atoms with E-state index in [1.54, 1.807) is 20.8 Å². The van der Waals surface area contributed by atoms with Crippen LogP contribution >= 0.6 is 0 Å². The van der Waals surface area contributed by atoms with Crippen LogP contribution in [0.15, 0.2) is 23.9 Å². The second-order valence-corrected chi connectivity index (χ2v) is 14.1. The third-order valence-electron chi connectivity index (χ3n) is 10.5. The molecule has 6 N–H and O–H groups in total. The number of aryl methyl sites for hydroxylation is 1. The maximum Gasteiger partial charge on any atom is 0.342 e. The van der Waals surface area contributed by atoms with Gasteiger partial charge in [-0.25, -0.2) is 4.79 Å². The number of Topliss-reactive ketones (excluding diaryl/α,β-unsaturated/α-hetero) is 3. The first kappa shape index (κ1) is 38.2. The molecule has 2 aromatic carbocycles. The number of phenols is 2. The molecule has 3 aliphatic carbocycles. The van der Waals surface area contributed by atoms with Gasteiger partial charge in [0.05, 0.1) is 35.6 Å². The number of esters is 1. The molecule has 0 aromatic heterocycles. The molecule has 0 saturated carbocycles. The third-order valence-corrected chi connectivity index (χ3v) is 10.5. The summed E-state index contributed by atoms with van der Waals surface area (Å²) in [7, 11) is 3.59. The molecule has 6 rings (SSSR count). The van der Waals surface area contributed by atoms with Crippen molar-refractivity contribution in [1.82, 2.24) is 5.32 Å². The number of hydrogen-bond acceptors (Lipinski definition) is 16. The summed E-state index contributed by atoms with van der Waals surface area (Å²) in [6.45, 7) is 6.64. The van der Waals surface area contributed by atoms with Crippen molar-refractivity contribution < 1.29 is 73.2 Å². The van der Waals surface area contributed by atoms with Crippen molar-refractivity contribution in [3.05, 3.63) is 68.4 Å². The van der Waals surface area contributed by atoms with Crippen LogP contribution in [-0.2, 0) is 35.7 Å². The van der Waals surface area contributed by atoms with Gasteiger partial charge in [0.15, 0.2) is 23.2 Å². The molecule has 0 amide bonds. The molecule has 0 spiro atoms. The maximum absolute atomic E-state index is 14.7. The second-order valence-electron chi connectivity index (χ2n) is 14.1. The second kappa shape index (κ2) is 13.4. The number of ketones is 4. The van der Waals surface area contributed by atoms with Gasteiger partial charge in [0, 0.05) is 50.5 Å². The highest BCUT2D eigenvalue weighted by Crippen LogP contribution is 2.56. The predicted octanol–water partition coefficient (Wildman–Crippen LogP) is 0.776. The standard InChI is InChI=1S/C37H41NO15/c1-13(2)12-52-35(47)22-14(3)8-16-9-21(40)37(51-7)33(46)24-18(32(45)36(37,48)25(16)28(22)43)10-17-23(27(24)42)20(39)11-19(26(17)41)38-34-31(50-6)29(44)30(49-5)15(4)53-34/h8,10-11,13,15,21,29-31,34,38,40,42-44,48H,9,12H2,1-7H3/t15-,21+,29+,30-,31+,34-,36-,37+/m0/s1. The average Bonchev–Trinajstić information content (AvgIpc) is 3.08. The summed E-state index contributed by atoms with van der Waals surface area (Å²) in [5.41, 5.74) is -10.1. The first-order valence-corrected chi connectivity index (χ1v) is 16.9. The highest BCUT2D eigenvalue weighted by atomic mass is 16.6. The highest BCUT2D eigenvalue weighted by Gasteiger charge is 2.72. The molecule has 1 fully saturated rings. The summed E-state index contributed by atoms with van der Waals surface area (Å²) in [5, 5.41) is 60.9. The summed E-state index contributed by atoms with van der Waals surface area (Å²) in [5.74, 6) is -7.68. The van der Waals surface area contributed by atoms with Gasteiger partial charge in [-0.2, -0.15) is 0 Å². The fourth-order valence-corrected chi connectivity index (χ4v) is 8.06. The molecular weight excluding hydrogens is 698 g/mol. The number of carbonyl (C=O) groups excluding carboxylic acids is 5. The third kappa shape index (κ3) is 5.26. The van der Waals surface area contributed by atoms with Crippen LogP contribution in [-0.4, -0.2) is 125 Å². The number of hydrogen-bond donors (Lipinski definition) is 6. The van der Waals surface area contributed by atoms with Crippen molar-refractivity contribution in [3.63, 3.8) is 0 Å². The SMILES string of the molecule is CO[C@@H]1[C@@H](O)[C@@H](OC)[C@@H](NC2=CC(=O)c3c(cc4c(c3O)C(=O)[C@]3(OC)[C@H](O)Cc5cc(C)c(C(=O)OCC(C)C)c(O)c5[C@]3(O)C4=O)C2=O)O[C@H]1C. The normalized spacial score (nSPS) is 30.7. The van der Waals surface area contributed by atoms with E-state index < -0.39 is 128 Å². The van der Waals surface area contributed by atoms with Crippen LogP contribution in [0.2, 0.25) is 0 Å². The summed E-state index contributed by atoms with van der Waals surface area (Å²) in [6.07, 6.45) is -6.56. The lowest BCUT2D eigenvalue weighted by molar-refractivity contribution is -0.236. The molecule has 4 aliphatic rings. The Hall–Kier alpha value is -4.55. The Bertz CT molecular complexity index is 1990. The van der Waals surface area contributed by atoms with Crippen LogP contribution in [0.5, 0.6) is 11.5 Å². The zero-order valence-electron chi connectivity index (χ0n) is 30.0. The minimum Gasteiger partial charge on any atom is -0.507 e. The first-order valence-electron chi connectivity index (χ1n) is 16.9. The van der Waals surface area contributed by atoms with Crippen LogP contribution in [0.1, 0.15) is 89.3 Å². The molecule has 1 saturated heterocycles. The number of rotatable bonds is 8. The van der Waals surface area contributed by atoms with E-state index in [0.29, 0.717) is 0 Å². The molecule has 1 aliphatic heterocycles. The monoisotopic (exact) mass is 739 g/mol. The molecule has 53 heavy (non-hydrogen) atoms. The van der Waals surface area contributed by atoms with Gasteiger partial charge in [0.2, 0.25) is 17.3 Å². The number of aliphatic hydroxyl groups is 3. The molecular formula is C37H41NO15. The molecule has 1 heterocycles. The van der Waals surface area contributed by atoms with Crippen molar-refractivity contribution in [2.45, 2.75) is 82.1 Å². The van der Waals surface area contributed by atoms with E-state index in [2.05, 4.69) is 5.32 Å². The van der Waals surface area contributed by atoms with Gasteiger partial charge >= 0.3 is 5.97 Å². The molecule has 2 aromatic rings. The molecule has 16 heteroatoms. The molecule has 0 unspecified atom stereocenters. The van der Waals surface area contributed by atoms with E-state index in [1.807, 2.05) is 0 Å². The molecule has 16 nitrogen and oxygen atoms in total. The van der Waals surface area contributed by atoms with Gasteiger partial charge in [0.25, 0.3) is 0 Å². The van der Waals surface area contributed by atoms with E-state index in [4.69, 9.17) is 23.7 Å². The molecule has 0 radical (unpaired) electrons. The van der Waals surface area contributed by atoms with Crippen molar-refractivity contribution in [2.24, 2.45) is 5.92 Å². The van der Waals surface area contributed by atoms with E-state index >= 15 is 0 Å². The average molecular weight is 740 g/mol. The van der Waals surface area contributed by atoms with Crippen LogP contribution in [0.3, 0.4) is 0 Å². The highest BCUT2D eigenvalue weighted by molar-refractivity contribution is 6.31. The molecule has 8 atom stereocenters. The van der Waals surface area contributed by atoms with Crippen molar-refractivity contribution in [1.29, 1.82) is 0 Å². The number of benzene rings is 2. The fourth-order valence-electron chi connectivity index (χ4n) is 8.06. The number of ether oxygens (including phenoxy) is 5. The first-order chi connectivity index (χ1) is 24.9. The van der Waals surface area contributed by atoms with Gasteiger partial charge in [0.1, 0.15) is 35.4 Å². The maximum atomic E-state index is 14.7. The Morgan fingerprint density at radius 2 is 1.64 bits per heavy atom. The lowest BCUT2D eigenvalue weighted by atomic mass is 9.56. The number of methoxy groups -OCH3 is 3. The fraction of sp³-hybridized carbons (Fsp3) is 0.486. The van der Waals surface area contributed by atoms with Gasteiger partial charge in [-0.1, -0.05) is 19.9 Å². The summed E-state index contributed by atoms with van der Waals surface area (Å²) in [6, 6.07) is 2.21.